The van der Waals surface area contributed by atoms with Crippen LogP contribution < -0.4 is 5.32 Å². The van der Waals surface area contributed by atoms with Crippen LogP contribution in [0.4, 0.5) is 0 Å². The molecule has 2 heterocycles. The molecular weight excluding hydrogens is 262 g/mol. The average Bonchev–Trinajstić information content (AvgIpc) is 3.00. The number of ether oxygens (including phenoxy) is 1. The molecule has 5 heteroatoms. The zero-order valence-corrected chi connectivity index (χ0v) is 11.5. The molecule has 1 aliphatic heterocycles. The molecule has 1 aromatic carbocycles. The van der Waals surface area contributed by atoms with Crippen LogP contribution in [0.2, 0.25) is 5.02 Å². The van der Waals surface area contributed by atoms with Crippen molar-refractivity contribution in [1.29, 1.82) is 0 Å². The van der Waals surface area contributed by atoms with Crippen molar-refractivity contribution in [1.82, 2.24) is 15.1 Å². The summed E-state index contributed by atoms with van der Waals surface area (Å²) in [5.41, 5.74) is 3.62. The van der Waals surface area contributed by atoms with E-state index in [-0.39, 0.29) is 6.04 Å². The number of aromatic nitrogens is 2. The van der Waals surface area contributed by atoms with Gasteiger partial charge in [0.15, 0.2) is 0 Å². The van der Waals surface area contributed by atoms with Crippen molar-refractivity contribution in [2.45, 2.75) is 19.1 Å². The van der Waals surface area contributed by atoms with Crippen LogP contribution in [0.1, 0.15) is 22.9 Å². The van der Waals surface area contributed by atoms with Crippen molar-refractivity contribution >= 4 is 11.6 Å². The highest BCUT2D eigenvalue weighted by Gasteiger charge is 2.27. The van der Waals surface area contributed by atoms with Gasteiger partial charge in [0.1, 0.15) is 0 Å². The molecule has 0 aliphatic carbocycles. The zero-order chi connectivity index (χ0) is 13.2. The monoisotopic (exact) mass is 277 g/mol. The quantitative estimate of drug-likeness (QED) is 0.933. The van der Waals surface area contributed by atoms with Gasteiger partial charge in [0.2, 0.25) is 0 Å². The van der Waals surface area contributed by atoms with E-state index >= 15 is 0 Å². The van der Waals surface area contributed by atoms with Gasteiger partial charge in [-0.2, -0.15) is 5.10 Å². The minimum Gasteiger partial charge on any atom is -0.383 e. The van der Waals surface area contributed by atoms with E-state index in [0.29, 0.717) is 18.2 Å². The standard InChI is InChI=1S/C14H16ClN3O/c1-19-7-6-18-14(12(15)9-17-18)13-11-5-3-2-4-10(11)8-16-13/h2-5,9,13,16H,6-8H2,1H3. The van der Waals surface area contributed by atoms with Gasteiger partial charge in [-0.1, -0.05) is 35.9 Å². The van der Waals surface area contributed by atoms with Gasteiger partial charge in [0.25, 0.3) is 0 Å². The summed E-state index contributed by atoms with van der Waals surface area (Å²) in [6, 6.07) is 8.52. The highest BCUT2D eigenvalue weighted by Crippen LogP contribution is 2.34. The van der Waals surface area contributed by atoms with E-state index in [1.165, 1.54) is 11.1 Å². The van der Waals surface area contributed by atoms with E-state index in [9.17, 15) is 0 Å². The molecule has 19 heavy (non-hydrogen) atoms. The highest BCUT2D eigenvalue weighted by atomic mass is 35.5. The van der Waals surface area contributed by atoms with E-state index in [1.54, 1.807) is 13.3 Å². The number of hydrogen-bond acceptors (Lipinski definition) is 3. The molecule has 3 rings (SSSR count). The summed E-state index contributed by atoms with van der Waals surface area (Å²) in [6.07, 6.45) is 1.70. The Bertz CT molecular complexity index is 582. The third-order valence-corrected chi connectivity index (χ3v) is 3.77. The van der Waals surface area contributed by atoms with E-state index in [4.69, 9.17) is 16.3 Å². The van der Waals surface area contributed by atoms with Crippen LogP contribution in [0.15, 0.2) is 30.5 Å². The predicted molar refractivity (Wildman–Crippen MR) is 74.2 cm³/mol. The third kappa shape index (κ3) is 2.27. The lowest BCUT2D eigenvalue weighted by Gasteiger charge is -2.15. The number of nitrogens with zero attached hydrogens (tertiary/aromatic N) is 2. The number of benzene rings is 1. The largest absolute Gasteiger partial charge is 0.383 e. The summed E-state index contributed by atoms with van der Waals surface area (Å²) in [5.74, 6) is 0. The summed E-state index contributed by atoms with van der Waals surface area (Å²) in [6.45, 7) is 2.20. The molecule has 0 spiro atoms. The molecule has 0 amide bonds. The topological polar surface area (TPSA) is 39.1 Å². The van der Waals surface area contributed by atoms with Crippen LogP contribution in [-0.2, 0) is 17.8 Å². The number of nitrogens with one attached hydrogen (secondary N) is 1. The van der Waals surface area contributed by atoms with Crippen molar-refractivity contribution in [3.8, 4) is 0 Å². The first-order valence-corrected chi connectivity index (χ1v) is 6.70. The maximum absolute atomic E-state index is 6.31. The highest BCUT2D eigenvalue weighted by molar-refractivity contribution is 6.31. The number of rotatable bonds is 4. The molecule has 1 unspecified atom stereocenters. The molecule has 0 radical (unpaired) electrons. The molecule has 1 N–H and O–H groups in total. The van der Waals surface area contributed by atoms with Gasteiger partial charge in [0.05, 0.1) is 36.1 Å². The Morgan fingerprint density at radius 1 is 1.47 bits per heavy atom. The first kappa shape index (κ1) is 12.7. The van der Waals surface area contributed by atoms with Crippen LogP contribution in [0.5, 0.6) is 0 Å². The molecule has 0 saturated carbocycles. The minimum atomic E-state index is 0.114. The fraction of sp³-hybridized carbons (Fsp3) is 0.357. The fourth-order valence-electron chi connectivity index (χ4n) is 2.56. The Hall–Kier alpha value is -1.36. The number of hydrogen-bond donors (Lipinski definition) is 1. The Morgan fingerprint density at radius 2 is 2.32 bits per heavy atom. The van der Waals surface area contributed by atoms with E-state index in [2.05, 4.69) is 34.7 Å². The number of halogens is 1. The molecule has 0 bridgehead atoms. The first-order valence-electron chi connectivity index (χ1n) is 6.32. The third-order valence-electron chi connectivity index (χ3n) is 3.48. The first-order chi connectivity index (χ1) is 9.31. The maximum atomic E-state index is 6.31. The smallest absolute Gasteiger partial charge is 0.0837 e. The lowest BCUT2D eigenvalue weighted by Crippen LogP contribution is -2.20. The van der Waals surface area contributed by atoms with E-state index in [1.807, 2.05) is 4.68 Å². The van der Waals surface area contributed by atoms with E-state index in [0.717, 1.165) is 12.2 Å². The summed E-state index contributed by atoms with van der Waals surface area (Å²) in [7, 11) is 1.69. The summed E-state index contributed by atoms with van der Waals surface area (Å²) < 4.78 is 7.04. The molecule has 1 aromatic heterocycles. The Morgan fingerprint density at radius 3 is 3.16 bits per heavy atom. The molecule has 100 valence electrons. The summed E-state index contributed by atoms with van der Waals surface area (Å²) in [5, 5.41) is 8.53. The van der Waals surface area contributed by atoms with Crippen LogP contribution in [-0.4, -0.2) is 23.5 Å². The normalized spacial score (nSPS) is 17.7. The zero-order valence-electron chi connectivity index (χ0n) is 10.8. The number of fused-ring (bicyclic) bond motifs is 1. The van der Waals surface area contributed by atoms with Gasteiger partial charge in [-0.25, -0.2) is 0 Å². The fourth-order valence-corrected chi connectivity index (χ4v) is 2.81. The van der Waals surface area contributed by atoms with Gasteiger partial charge in [-0.05, 0) is 11.1 Å². The Balaban J connectivity index is 1.97. The molecule has 1 aliphatic rings. The minimum absolute atomic E-state index is 0.114. The molecule has 1 atom stereocenters. The van der Waals surface area contributed by atoms with Gasteiger partial charge < -0.3 is 10.1 Å². The van der Waals surface area contributed by atoms with Crippen LogP contribution in [0.3, 0.4) is 0 Å². The van der Waals surface area contributed by atoms with E-state index < -0.39 is 0 Å². The molecule has 0 fully saturated rings. The van der Waals surface area contributed by atoms with Crippen LogP contribution in [0.25, 0.3) is 0 Å². The molecule has 4 nitrogen and oxygen atoms in total. The lowest BCUT2D eigenvalue weighted by atomic mass is 10.0. The number of methoxy groups -OCH3 is 1. The van der Waals surface area contributed by atoms with Crippen LogP contribution in [0, 0.1) is 0 Å². The van der Waals surface area contributed by atoms with Crippen molar-refractivity contribution in [2.24, 2.45) is 0 Å². The molecule has 0 saturated heterocycles. The summed E-state index contributed by atoms with van der Waals surface area (Å²) >= 11 is 6.31. The van der Waals surface area contributed by atoms with Crippen molar-refractivity contribution < 1.29 is 4.74 Å². The van der Waals surface area contributed by atoms with Gasteiger partial charge >= 0.3 is 0 Å². The van der Waals surface area contributed by atoms with Gasteiger partial charge in [-0.15, -0.1) is 0 Å². The Kier molecular flexibility index (Phi) is 3.55. The predicted octanol–water partition coefficient (Wildman–Crippen LogP) is 2.38. The Labute approximate surface area is 117 Å². The van der Waals surface area contributed by atoms with Crippen LogP contribution >= 0.6 is 11.6 Å². The lowest BCUT2D eigenvalue weighted by molar-refractivity contribution is 0.182. The van der Waals surface area contributed by atoms with Gasteiger partial charge in [-0.3, -0.25) is 4.68 Å². The maximum Gasteiger partial charge on any atom is 0.0837 e. The van der Waals surface area contributed by atoms with Crippen molar-refractivity contribution in [3.63, 3.8) is 0 Å². The van der Waals surface area contributed by atoms with Crippen molar-refractivity contribution in [2.75, 3.05) is 13.7 Å². The second kappa shape index (κ2) is 5.33. The average molecular weight is 278 g/mol. The molecular formula is C14H16ClN3O. The van der Waals surface area contributed by atoms with Crippen molar-refractivity contribution in [3.05, 3.63) is 52.3 Å². The van der Waals surface area contributed by atoms with Gasteiger partial charge in [0, 0.05) is 13.7 Å². The molecule has 2 aromatic rings. The second-order valence-corrected chi connectivity index (χ2v) is 5.01. The second-order valence-electron chi connectivity index (χ2n) is 4.61. The summed E-state index contributed by atoms with van der Waals surface area (Å²) in [4.78, 5) is 0. The SMILES string of the molecule is COCCn1ncc(Cl)c1C1NCc2ccccc21.